The van der Waals surface area contributed by atoms with Gasteiger partial charge in [0.05, 0.1) is 18.7 Å². The lowest BCUT2D eigenvalue weighted by atomic mass is 9.64. The smallest absolute Gasteiger partial charge is 0.242 e. The number of likely N-dealkylation sites (N-methyl/N-ethyl adjacent to an activating group) is 1. The molecule has 166 valence electrons. The second-order valence-electron chi connectivity index (χ2n) is 8.69. The number of amides is 1. The van der Waals surface area contributed by atoms with Crippen LogP contribution in [0.15, 0.2) is 59.6 Å². The highest BCUT2D eigenvalue weighted by Crippen LogP contribution is 2.57. The highest BCUT2D eigenvalue weighted by Gasteiger charge is 2.62. The topological polar surface area (TPSA) is 91.7 Å². The average molecular weight is 457 g/mol. The standard InChI is InChI=1S/C26H24N4O2S/c1-25(22-10-9-21(33-22)18-6-4-5-16(13-18)15-27)26(23(31)30(2)24(28)29-25)12-11-17-14-19(32-3)7-8-20(17)26/h4-10,13-14H,11-12H2,1-3H3,(H2,28,29)/t25-,26-/m0/s1. The van der Waals surface area contributed by atoms with Crippen molar-refractivity contribution in [1.82, 2.24) is 4.90 Å². The Morgan fingerprint density at radius 2 is 2.03 bits per heavy atom. The predicted molar refractivity (Wildman–Crippen MR) is 129 cm³/mol. The first-order chi connectivity index (χ1) is 15.8. The maximum atomic E-state index is 13.9. The van der Waals surface area contributed by atoms with E-state index in [4.69, 9.17) is 15.5 Å². The van der Waals surface area contributed by atoms with E-state index in [0.29, 0.717) is 12.0 Å². The van der Waals surface area contributed by atoms with Crippen molar-refractivity contribution in [2.24, 2.45) is 10.7 Å². The van der Waals surface area contributed by atoms with E-state index in [1.807, 2.05) is 55.5 Å². The Morgan fingerprint density at radius 3 is 2.79 bits per heavy atom. The molecule has 0 unspecified atom stereocenters. The summed E-state index contributed by atoms with van der Waals surface area (Å²) in [7, 11) is 3.34. The van der Waals surface area contributed by atoms with Gasteiger partial charge >= 0.3 is 0 Å². The number of ether oxygens (including phenoxy) is 1. The first-order valence-corrected chi connectivity index (χ1v) is 11.6. The molecule has 6 nitrogen and oxygen atoms in total. The Labute approximate surface area is 196 Å². The fourth-order valence-corrected chi connectivity index (χ4v) is 6.44. The highest BCUT2D eigenvalue weighted by atomic mass is 32.1. The van der Waals surface area contributed by atoms with E-state index in [-0.39, 0.29) is 11.9 Å². The zero-order valence-electron chi connectivity index (χ0n) is 18.8. The van der Waals surface area contributed by atoms with Crippen molar-refractivity contribution in [1.29, 1.82) is 5.26 Å². The van der Waals surface area contributed by atoms with Crippen LogP contribution in [0.2, 0.25) is 0 Å². The Morgan fingerprint density at radius 1 is 1.21 bits per heavy atom. The summed E-state index contributed by atoms with van der Waals surface area (Å²) in [4.78, 5) is 22.4. The van der Waals surface area contributed by atoms with Gasteiger partial charge in [-0.3, -0.25) is 9.69 Å². The monoisotopic (exact) mass is 456 g/mol. The second kappa shape index (κ2) is 7.46. The lowest BCUT2D eigenvalue weighted by Gasteiger charge is -2.48. The SMILES string of the molecule is COc1ccc2c(c1)CC[C@@]21C(=O)N(C)C(N)=N[C@@]1(C)c1ccc(-c2cccc(C#N)c2)s1. The summed E-state index contributed by atoms with van der Waals surface area (Å²) in [6.07, 6.45) is 1.41. The third-order valence-electron chi connectivity index (χ3n) is 7.09. The zero-order valence-corrected chi connectivity index (χ0v) is 19.6. The first-order valence-electron chi connectivity index (χ1n) is 10.8. The van der Waals surface area contributed by atoms with Crippen LogP contribution in [-0.4, -0.2) is 30.9 Å². The van der Waals surface area contributed by atoms with Crippen LogP contribution < -0.4 is 10.5 Å². The van der Waals surface area contributed by atoms with Gasteiger partial charge < -0.3 is 10.5 Å². The van der Waals surface area contributed by atoms with Crippen molar-refractivity contribution < 1.29 is 9.53 Å². The molecule has 3 aromatic rings. The Kier molecular flexibility index (Phi) is 4.80. The van der Waals surface area contributed by atoms with Crippen molar-refractivity contribution in [3.05, 3.63) is 76.2 Å². The van der Waals surface area contributed by atoms with Gasteiger partial charge in [0.25, 0.3) is 0 Å². The van der Waals surface area contributed by atoms with Crippen molar-refractivity contribution in [3.8, 4) is 22.3 Å². The van der Waals surface area contributed by atoms with Crippen molar-refractivity contribution in [3.63, 3.8) is 0 Å². The number of aryl methyl sites for hydroxylation is 1. The van der Waals surface area contributed by atoms with Gasteiger partial charge in [0.15, 0.2) is 5.96 Å². The summed E-state index contributed by atoms with van der Waals surface area (Å²) in [6, 6.07) is 19.7. The van der Waals surface area contributed by atoms with Crippen LogP contribution in [0.25, 0.3) is 10.4 Å². The number of hydrogen-bond acceptors (Lipinski definition) is 6. The maximum absolute atomic E-state index is 13.9. The highest BCUT2D eigenvalue weighted by molar-refractivity contribution is 7.15. The molecule has 1 amide bonds. The minimum atomic E-state index is -0.865. The Balaban J connectivity index is 1.70. The van der Waals surface area contributed by atoms with Crippen LogP contribution in [0.3, 0.4) is 0 Å². The summed E-state index contributed by atoms with van der Waals surface area (Å²) in [5.74, 6) is 0.960. The molecule has 2 aliphatic rings. The van der Waals surface area contributed by atoms with E-state index in [0.717, 1.165) is 38.6 Å². The van der Waals surface area contributed by atoms with Crippen LogP contribution in [0.4, 0.5) is 0 Å². The average Bonchev–Trinajstić information content (AvgIpc) is 3.48. The zero-order chi connectivity index (χ0) is 23.4. The van der Waals surface area contributed by atoms with Crippen LogP contribution in [0.5, 0.6) is 5.75 Å². The molecular formula is C26H24N4O2S. The Hall–Kier alpha value is -3.63. The normalized spacial score (nSPS) is 23.9. The number of aliphatic imine (C=N–C) groups is 1. The fraction of sp³-hybridized carbons (Fsp3) is 0.269. The lowest BCUT2D eigenvalue weighted by molar-refractivity contribution is -0.136. The minimum Gasteiger partial charge on any atom is -0.497 e. The van der Waals surface area contributed by atoms with Crippen LogP contribution in [-0.2, 0) is 22.2 Å². The quantitative estimate of drug-likeness (QED) is 0.640. The summed E-state index contributed by atoms with van der Waals surface area (Å²) < 4.78 is 5.42. The summed E-state index contributed by atoms with van der Waals surface area (Å²) in [5.41, 5.74) is 8.21. The number of nitriles is 1. The van der Waals surface area contributed by atoms with E-state index < -0.39 is 11.0 Å². The largest absolute Gasteiger partial charge is 0.497 e. The molecule has 7 heteroatoms. The fourth-order valence-electron chi connectivity index (χ4n) is 5.27. The molecule has 0 bridgehead atoms. The summed E-state index contributed by atoms with van der Waals surface area (Å²) in [5, 5.41) is 9.28. The number of fused-ring (bicyclic) bond motifs is 2. The first kappa shape index (κ1) is 21.2. The number of methoxy groups -OCH3 is 1. The number of thiophene rings is 1. The number of rotatable bonds is 3. The molecule has 1 spiro atoms. The van der Waals surface area contributed by atoms with Gasteiger partial charge in [-0.2, -0.15) is 5.26 Å². The number of nitrogens with zero attached hydrogens (tertiary/aromatic N) is 3. The van der Waals surface area contributed by atoms with Crippen molar-refractivity contribution in [2.45, 2.75) is 30.7 Å². The van der Waals surface area contributed by atoms with Crippen LogP contribution in [0, 0.1) is 11.3 Å². The van der Waals surface area contributed by atoms with E-state index >= 15 is 0 Å². The number of nitrogens with two attached hydrogens (primary N) is 1. The van der Waals surface area contributed by atoms with E-state index in [2.05, 4.69) is 6.07 Å². The molecule has 33 heavy (non-hydrogen) atoms. The molecule has 0 radical (unpaired) electrons. The molecule has 0 saturated heterocycles. The number of carbonyl (C=O) groups excluding carboxylic acids is 1. The summed E-state index contributed by atoms with van der Waals surface area (Å²) in [6.45, 7) is 2.02. The van der Waals surface area contributed by atoms with Crippen molar-refractivity contribution >= 4 is 23.2 Å². The number of carbonyl (C=O) groups is 1. The molecule has 0 saturated carbocycles. The van der Waals surface area contributed by atoms with Crippen LogP contribution >= 0.6 is 11.3 Å². The lowest BCUT2D eigenvalue weighted by Crippen LogP contribution is -2.62. The van der Waals surface area contributed by atoms with Gasteiger partial charge in [-0.05, 0) is 72.9 Å². The molecule has 1 aliphatic carbocycles. The third kappa shape index (κ3) is 2.91. The van der Waals surface area contributed by atoms with Gasteiger partial charge in [0.1, 0.15) is 16.7 Å². The third-order valence-corrected chi connectivity index (χ3v) is 8.43. The van der Waals surface area contributed by atoms with E-state index in [1.165, 1.54) is 4.90 Å². The van der Waals surface area contributed by atoms with Gasteiger partial charge in [0.2, 0.25) is 5.91 Å². The molecule has 2 aromatic carbocycles. The summed E-state index contributed by atoms with van der Waals surface area (Å²) >= 11 is 1.59. The molecule has 2 heterocycles. The number of benzene rings is 2. The maximum Gasteiger partial charge on any atom is 0.242 e. The molecule has 1 aliphatic heterocycles. The van der Waals surface area contributed by atoms with E-state index in [9.17, 15) is 10.1 Å². The van der Waals surface area contributed by atoms with E-state index in [1.54, 1.807) is 31.6 Å². The predicted octanol–water partition coefficient (Wildman–Crippen LogP) is 4.18. The molecule has 1 aromatic heterocycles. The van der Waals surface area contributed by atoms with Gasteiger partial charge in [0, 0.05) is 16.8 Å². The molecule has 2 atom stereocenters. The number of hydrogen-bond donors (Lipinski definition) is 1. The molecular weight excluding hydrogens is 432 g/mol. The second-order valence-corrected chi connectivity index (χ2v) is 9.78. The molecule has 0 fully saturated rings. The van der Waals surface area contributed by atoms with Crippen molar-refractivity contribution in [2.75, 3.05) is 14.2 Å². The molecule has 5 rings (SSSR count). The Bertz CT molecular complexity index is 1350. The van der Waals surface area contributed by atoms with Crippen LogP contribution in [0.1, 0.15) is 34.9 Å². The molecule has 2 N–H and O–H groups in total. The number of guanidine groups is 1. The van der Waals surface area contributed by atoms with Gasteiger partial charge in [-0.25, -0.2) is 4.99 Å². The van der Waals surface area contributed by atoms with Gasteiger partial charge in [-0.1, -0.05) is 18.2 Å². The minimum absolute atomic E-state index is 0.0390. The van der Waals surface area contributed by atoms with Gasteiger partial charge in [-0.15, -0.1) is 11.3 Å².